The molecule has 1 radical (unpaired) electrons. The molecule has 1 heterocycles. The van der Waals surface area contributed by atoms with E-state index < -0.39 is 0 Å². The Morgan fingerprint density at radius 2 is 2.25 bits per heavy atom. The van der Waals surface area contributed by atoms with Gasteiger partial charge < -0.3 is 0 Å². The van der Waals surface area contributed by atoms with Crippen molar-refractivity contribution in [1.82, 2.24) is 14.8 Å². The summed E-state index contributed by atoms with van der Waals surface area (Å²) in [6.45, 7) is 1.83. The molecule has 3 nitrogen and oxygen atoms in total. The maximum absolute atomic E-state index is 4.07. The van der Waals surface area contributed by atoms with E-state index in [9.17, 15) is 0 Å². The summed E-state index contributed by atoms with van der Waals surface area (Å²) in [5, 5.41) is 0. The van der Waals surface area contributed by atoms with Crippen molar-refractivity contribution in [2.75, 3.05) is 27.4 Å². The van der Waals surface area contributed by atoms with Crippen molar-refractivity contribution in [3.63, 3.8) is 0 Å². The van der Waals surface area contributed by atoms with Crippen LogP contribution >= 0.6 is 0 Å². The summed E-state index contributed by atoms with van der Waals surface area (Å²) >= 11 is 0. The summed E-state index contributed by atoms with van der Waals surface area (Å²) in [5.74, 6) is 0. The minimum absolute atomic E-state index is 0.838. The zero-order chi connectivity index (χ0) is 5.98. The van der Waals surface area contributed by atoms with Gasteiger partial charge in [-0.2, -0.15) is 0 Å². The first-order valence-electron chi connectivity index (χ1n) is 2.68. The Labute approximate surface area is 49.6 Å². The van der Waals surface area contributed by atoms with Gasteiger partial charge >= 0.3 is 0 Å². The van der Waals surface area contributed by atoms with Crippen LogP contribution < -0.4 is 4.99 Å². The van der Waals surface area contributed by atoms with Crippen molar-refractivity contribution >= 4 is 6.34 Å². The highest BCUT2D eigenvalue weighted by atomic mass is 15.4. The van der Waals surface area contributed by atoms with E-state index in [4.69, 9.17) is 0 Å². The molecule has 1 rings (SSSR count). The molecule has 0 aromatic heterocycles. The second kappa shape index (κ2) is 2.13. The average Bonchev–Trinajstić information content (AvgIpc) is 1.64. The summed E-state index contributed by atoms with van der Waals surface area (Å²) in [6, 6.07) is 0. The van der Waals surface area contributed by atoms with E-state index in [2.05, 4.69) is 9.89 Å². The van der Waals surface area contributed by atoms with E-state index in [-0.39, 0.29) is 0 Å². The van der Waals surface area contributed by atoms with Crippen molar-refractivity contribution in [2.45, 2.75) is 0 Å². The Balaban J connectivity index is 2.42. The Kier molecular flexibility index (Phi) is 1.48. The molecule has 0 spiro atoms. The fourth-order valence-corrected chi connectivity index (χ4v) is 0.777. The molecule has 0 bridgehead atoms. The van der Waals surface area contributed by atoms with E-state index in [1.54, 1.807) is 0 Å². The molecular weight excluding hydrogens is 102 g/mol. The topological polar surface area (TPSA) is 20.6 Å². The van der Waals surface area contributed by atoms with Crippen LogP contribution in [0.15, 0.2) is 0 Å². The van der Waals surface area contributed by atoms with Crippen molar-refractivity contribution in [2.24, 2.45) is 0 Å². The highest BCUT2D eigenvalue weighted by Crippen LogP contribution is 1.85. The van der Waals surface area contributed by atoms with Crippen LogP contribution in [0.3, 0.4) is 0 Å². The minimum Gasteiger partial charge on any atom is -0.254 e. The number of nitrogens with zero attached hydrogens (tertiary/aromatic N) is 3. The zero-order valence-electron chi connectivity index (χ0n) is 5.33. The lowest BCUT2D eigenvalue weighted by molar-refractivity contribution is 0.225. The monoisotopic (exact) mass is 113 g/mol. The summed E-state index contributed by atoms with van der Waals surface area (Å²) in [6.07, 6.45) is 1.86. The van der Waals surface area contributed by atoms with Crippen LogP contribution in [0, 0.1) is 0 Å². The first kappa shape index (κ1) is 5.56. The Hall–Kier alpha value is -0.570. The van der Waals surface area contributed by atoms with Gasteiger partial charge in [0.25, 0.3) is 6.34 Å². The number of aliphatic imine (C=N–C) groups is 1. The fraction of sp³-hybridized carbons (Fsp3) is 0.800. The molecule has 0 aromatic carbocycles. The third-order valence-corrected chi connectivity index (χ3v) is 1.07. The molecule has 1 aliphatic heterocycles. The molecule has 0 N–H and O–H groups in total. The lowest BCUT2D eigenvalue weighted by Gasteiger charge is -2.16. The Morgan fingerprint density at radius 3 is 2.62 bits per heavy atom. The lowest BCUT2D eigenvalue weighted by Crippen LogP contribution is -2.40. The Morgan fingerprint density at radius 1 is 1.50 bits per heavy atom. The van der Waals surface area contributed by atoms with Crippen molar-refractivity contribution in [3.05, 3.63) is 0 Å². The van der Waals surface area contributed by atoms with Gasteiger partial charge in [0.05, 0.1) is 7.05 Å². The van der Waals surface area contributed by atoms with Gasteiger partial charge in [-0.25, -0.2) is 4.90 Å². The first-order valence-corrected chi connectivity index (χ1v) is 2.68. The molecule has 1 aliphatic rings. The predicted octanol–water partition coefficient (Wildman–Crippen LogP) is -0.857. The average molecular weight is 113 g/mol. The highest BCUT2D eigenvalue weighted by molar-refractivity contribution is 5.53. The van der Waals surface area contributed by atoms with Crippen LogP contribution in [0.1, 0.15) is 0 Å². The van der Waals surface area contributed by atoms with Gasteiger partial charge in [-0.05, 0) is 7.05 Å². The summed E-state index contributed by atoms with van der Waals surface area (Å²) in [5.41, 5.74) is 0. The molecule has 8 heavy (non-hydrogen) atoms. The highest BCUT2D eigenvalue weighted by Gasteiger charge is 2.10. The summed E-state index contributed by atoms with van der Waals surface area (Å²) in [4.78, 5) is 8.25. The molecular formula is C5H11N3+. The molecule has 0 saturated heterocycles. The summed E-state index contributed by atoms with van der Waals surface area (Å²) in [7, 11) is 4.06. The van der Waals surface area contributed by atoms with Gasteiger partial charge in [0.15, 0.2) is 6.67 Å². The molecule has 0 amide bonds. The van der Waals surface area contributed by atoms with Crippen molar-refractivity contribution in [1.29, 1.82) is 0 Å². The first-order chi connectivity index (χ1) is 3.79. The molecule has 0 unspecified atom stereocenters. The molecule has 0 saturated carbocycles. The normalized spacial score (nSPS) is 22.0. The van der Waals surface area contributed by atoms with Gasteiger partial charge in [-0.1, -0.05) is 4.99 Å². The van der Waals surface area contributed by atoms with Gasteiger partial charge in [0.2, 0.25) is 0 Å². The quantitative estimate of drug-likeness (QED) is 0.407. The van der Waals surface area contributed by atoms with Crippen molar-refractivity contribution in [3.8, 4) is 0 Å². The van der Waals surface area contributed by atoms with Crippen LogP contribution in [0.4, 0.5) is 0 Å². The van der Waals surface area contributed by atoms with E-state index in [0.29, 0.717) is 0 Å². The molecule has 45 valence electrons. The Bertz CT molecular complexity index is 99.8. The predicted molar refractivity (Wildman–Crippen MR) is 33.5 cm³/mol. The molecule has 0 atom stereocenters. The lowest BCUT2D eigenvalue weighted by atomic mass is 10.7. The maximum Gasteiger partial charge on any atom is 0.277 e. The van der Waals surface area contributed by atoms with Gasteiger partial charge in [0.1, 0.15) is 6.67 Å². The van der Waals surface area contributed by atoms with Gasteiger partial charge in [0, 0.05) is 0 Å². The molecule has 0 aromatic rings. The standard InChI is InChI=1S/C5H11N3/c1-7-3-6-4-8(2)5-7/h3H,4-5H2,1-2H3/q+1. The van der Waals surface area contributed by atoms with Crippen molar-refractivity contribution < 1.29 is 0 Å². The van der Waals surface area contributed by atoms with Gasteiger partial charge in [-0.3, -0.25) is 4.90 Å². The largest absolute Gasteiger partial charge is 0.277 e. The van der Waals surface area contributed by atoms with Crippen LogP contribution in [-0.2, 0) is 0 Å². The third-order valence-electron chi connectivity index (χ3n) is 1.07. The smallest absolute Gasteiger partial charge is 0.254 e. The fourth-order valence-electron chi connectivity index (χ4n) is 0.777. The van der Waals surface area contributed by atoms with Crippen LogP contribution in [0.25, 0.3) is 0 Å². The zero-order valence-corrected chi connectivity index (χ0v) is 5.33. The maximum atomic E-state index is 4.07. The second-order valence-electron chi connectivity index (χ2n) is 2.19. The third kappa shape index (κ3) is 1.20. The van der Waals surface area contributed by atoms with Crippen LogP contribution in [0.5, 0.6) is 0 Å². The van der Waals surface area contributed by atoms with E-state index in [0.717, 1.165) is 13.3 Å². The number of hydrogen-bond acceptors (Lipinski definition) is 3. The molecule has 0 aliphatic carbocycles. The second-order valence-corrected chi connectivity index (χ2v) is 2.19. The SMILES string of the molecule is CN1C=[N+]CN(C)C1. The van der Waals surface area contributed by atoms with Crippen LogP contribution in [0.2, 0.25) is 0 Å². The van der Waals surface area contributed by atoms with Crippen LogP contribution in [-0.4, -0.2) is 43.6 Å². The van der Waals surface area contributed by atoms with E-state index >= 15 is 0 Å². The van der Waals surface area contributed by atoms with Gasteiger partial charge in [-0.15, -0.1) is 0 Å². The molecule has 3 heteroatoms. The number of hydrogen-bond donors (Lipinski definition) is 0. The van der Waals surface area contributed by atoms with E-state index in [1.807, 2.05) is 25.3 Å². The minimum atomic E-state index is 0.838. The number of rotatable bonds is 0. The summed E-state index contributed by atoms with van der Waals surface area (Å²) < 4.78 is 0. The molecule has 0 fully saturated rings. The van der Waals surface area contributed by atoms with E-state index in [1.165, 1.54) is 0 Å².